The van der Waals surface area contributed by atoms with Crippen LogP contribution in [0.3, 0.4) is 0 Å². The first-order valence-corrected chi connectivity index (χ1v) is 12.7. The van der Waals surface area contributed by atoms with Crippen LogP contribution in [-0.4, -0.2) is 41.8 Å². The second kappa shape index (κ2) is 7.84. The van der Waals surface area contributed by atoms with Crippen molar-refractivity contribution in [2.45, 2.75) is 103 Å². The Morgan fingerprint density at radius 1 is 0.969 bits per heavy atom. The zero-order chi connectivity index (χ0) is 23.7. The van der Waals surface area contributed by atoms with Crippen LogP contribution in [0, 0.1) is 45.8 Å². The number of aliphatic hydroxyl groups is 2. The Balaban J connectivity index is 1.57. The van der Waals surface area contributed by atoms with Crippen LogP contribution in [0.1, 0.15) is 85.5 Å². The molecule has 0 spiro atoms. The van der Waals surface area contributed by atoms with Gasteiger partial charge in [-0.2, -0.15) is 13.2 Å². The molecule has 32 heavy (non-hydrogen) atoms. The molecule has 4 aliphatic carbocycles. The molecule has 4 saturated carbocycles. The van der Waals surface area contributed by atoms with Gasteiger partial charge in [0.05, 0.1) is 12.2 Å². The summed E-state index contributed by atoms with van der Waals surface area (Å²) in [5.41, 5.74) is -0.666. The van der Waals surface area contributed by atoms with E-state index in [0.29, 0.717) is 24.4 Å². The highest BCUT2D eigenvalue weighted by molar-refractivity contribution is 5.14. The molecule has 186 valence electrons. The summed E-state index contributed by atoms with van der Waals surface area (Å²) in [6.07, 6.45) is 1.68. The normalized spacial score (nSPS) is 50.8. The molecule has 0 aromatic rings. The van der Waals surface area contributed by atoms with Crippen molar-refractivity contribution in [3.05, 3.63) is 0 Å². The molecule has 3 nitrogen and oxygen atoms in total. The lowest BCUT2D eigenvalue weighted by molar-refractivity contribution is -0.230. The highest BCUT2D eigenvalue weighted by atomic mass is 19.4. The van der Waals surface area contributed by atoms with Crippen LogP contribution in [0.5, 0.6) is 0 Å². The van der Waals surface area contributed by atoms with Gasteiger partial charge in [0, 0.05) is 7.11 Å². The Hall–Kier alpha value is -0.330. The van der Waals surface area contributed by atoms with E-state index in [4.69, 9.17) is 4.74 Å². The minimum absolute atomic E-state index is 0.0607. The molecule has 0 amide bonds. The number of ether oxygens (including phenoxy) is 1. The van der Waals surface area contributed by atoms with Crippen LogP contribution in [0.4, 0.5) is 13.2 Å². The van der Waals surface area contributed by atoms with Gasteiger partial charge in [0.15, 0.2) is 6.10 Å². The molecule has 0 heterocycles. The average molecular weight is 461 g/mol. The number of aliphatic hydroxyl groups excluding tert-OH is 1. The fourth-order valence-electron chi connectivity index (χ4n) is 9.60. The minimum Gasteiger partial charge on any atom is -0.387 e. The molecule has 0 aliphatic heterocycles. The Labute approximate surface area is 191 Å². The maximum Gasteiger partial charge on any atom is 0.414 e. The van der Waals surface area contributed by atoms with Crippen LogP contribution >= 0.6 is 0 Å². The summed E-state index contributed by atoms with van der Waals surface area (Å²) in [6, 6.07) is 0. The van der Waals surface area contributed by atoms with E-state index in [-0.39, 0.29) is 22.2 Å². The van der Waals surface area contributed by atoms with Gasteiger partial charge in [-0.05, 0) is 104 Å². The quantitative estimate of drug-likeness (QED) is 0.543. The van der Waals surface area contributed by atoms with Crippen LogP contribution < -0.4 is 0 Å². The first kappa shape index (κ1) is 24.8. The van der Waals surface area contributed by atoms with Gasteiger partial charge in [-0.15, -0.1) is 0 Å². The molecule has 6 heteroatoms. The van der Waals surface area contributed by atoms with Crippen molar-refractivity contribution in [3.8, 4) is 0 Å². The monoisotopic (exact) mass is 460 g/mol. The maximum absolute atomic E-state index is 13.3. The third-order valence-corrected chi connectivity index (χ3v) is 11.4. The second-order valence-corrected chi connectivity index (χ2v) is 12.8. The zero-order valence-corrected chi connectivity index (χ0v) is 20.5. The standard InChI is InChI=1S/C26H43F3O3/c1-16(21(30)26(27,28)29)18-6-7-19-17-8-10-22(2)14-25(31,15-32-5)13-12-24(22,4)20(17)9-11-23(18,19)3/h16-21,30-31H,6-15H2,1-5H3/t16-,17-,18+,19-,20-,21+,22+,23+,24+,25-/m0/s1. The second-order valence-electron chi connectivity index (χ2n) is 12.8. The van der Waals surface area contributed by atoms with E-state index in [0.717, 1.165) is 57.8 Å². The van der Waals surface area contributed by atoms with Gasteiger partial charge in [0.1, 0.15) is 0 Å². The smallest absolute Gasteiger partial charge is 0.387 e. The van der Waals surface area contributed by atoms with Crippen LogP contribution in [-0.2, 0) is 4.74 Å². The molecule has 4 fully saturated rings. The molecular formula is C26H43F3O3. The molecule has 2 N–H and O–H groups in total. The number of rotatable bonds is 4. The fourth-order valence-corrected chi connectivity index (χ4v) is 9.60. The van der Waals surface area contributed by atoms with E-state index < -0.39 is 23.8 Å². The van der Waals surface area contributed by atoms with Gasteiger partial charge in [-0.3, -0.25) is 0 Å². The molecular weight excluding hydrogens is 417 g/mol. The number of alkyl halides is 3. The van der Waals surface area contributed by atoms with E-state index in [1.54, 1.807) is 14.0 Å². The summed E-state index contributed by atoms with van der Waals surface area (Å²) in [4.78, 5) is 0. The Morgan fingerprint density at radius 2 is 1.66 bits per heavy atom. The first-order chi connectivity index (χ1) is 14.7. The van der Waals surface area contributed by atoms with Gasteiger partial charge < -0.3 is 14.9 Å². The van der Waals surface area contributed by atoms with Crippen molar-refractivity contribution in [1.82, 2.24) is 0 Å². The molecule has 4 aliphatic rings. The van der Waals surface area contributed by atoms with Crippen LogP contribution in [0.2, 0.25) is 0 Å². The molecule has 10 atom stereocenters. The number of methoxy groups -OCH3 is 1. The lowest BCUT2D eigenvalue weighted by atomic mass is 9.39. The summed E-state index contributed by atoms with van der Waals surface area (Å²) in [5, 5.41) is 21.2. The maximum atomic E-state index is 13.3. The van der Waals surface area contributed by atoms with Crippen molar-refractivity contribution in [2.24, 2.45) is 45.8 Å². The van der Waals surface area contributed by atoms with Crippen LogP contribution in [0.25, 0.3) is 0 Å². The molecule has 0 radical (unpaired) electrons. The van der Waals surface area contributed by atoms with Crippen molar-refractivity contribution >= 4 is 0 Å². The van der Waals surface area contributed by atoms with E-state index in [9.17, 15) is 23.4 Å². The summed E-state index contributed by atoms with van der Waals surface area (Å²) in [7, 11) is 1.65. The third kappa shape index (κ3) is 3.57. The molecule has 4 rings (SSSR count). The molecule has 0 bridgehead atoms. The van der Waals surface area contributed by atoms with Crippen molar-refractivity contribution in [1.29, 1.82) is 0 Å². The highest BCUT2D eigenvalue weighted by Crippen LogP contribution is 2.72. The Morgan fingerprint density at radius 3 is 2.28 bits per heavy atom. The highest BCUT2D eigenvalue weighted by Gasteiger charge is 2.65. The van der Waals surface area contributed by atoms with Crippen LogP contribution in [0.15, 0.2) is 0 Å². The largest absolute Gasteiger partial charge is 0.414 e. The number of hydrogen-bond acceptors (Lipinski definition) is 3. The Bertz CT molecular complexity index is 713. The van der Waals surface area contributed by atoms with E-state index in [1.165, 1.54) is 0 Å². The van der Waals surface area contributed by atoms with Gasteiger partial charge in [-0.25, -0.2) is 0 Å². The number of hydrogen-bond donors (Lipinski definition) is 2. The van der Waals surface area contributed by atoms with Gasteiger partial charge in [0.2, 0.25) is 0 Å². The lowest BCUT2D eigenvalue weighted by Crippen LogP contribution is -2.61. The van der Waals surface area contributed by atoms with Gasteiger partial charge in [-0.1, -0.05) is 27.7 Å². The summed E-state index contributed by atoms with van der Waals surface area (Å²) < 4.78 is 45.2. The van der Waals surface area contributed by atoms with Gasteiger partial charge in [0.25, 0.3) is 0 Å². The number of fused-ring (bicyclic) bond motifs is 5. The zero-order valence-electron chi connectivity index (χ0n) is 20.5. The van der Waals surface area contributed by atoms with E-state index in [1.807, 2.05) is 0 Å². The van der Waals surface area contributed by atoms with E-state index >= 15 is 0 Å². The Kier molecular flexibility index (Phi) is 6.07. The summed E-state index contributed by atoms with van der Waals surface area (Å²) >= 11 is 0. The van der Waals surface area contributed by atoms with Gasteiger partial charge >= 0.3 is 6.18 Å². The number of halogens is 3. The predicted molar refractivity (Wildman–Crippen MR) is 118 cm³/mol. The molecule has 0 unspecified atom stereocenters. The topological polar surface area (TPSA) is 49.7 Å². The SMILES string of the molecule is COC[C@]1(O)CC[C@]2(C)[C@H]3CC[C@]4(C)[C@@H]([C@H](C)[C@@H](O)C(F)(F)F)CC[C@H]4[C@@H]3CC[C@]2(C)C1. The van der Waals surface area contributed by atoms with Crippen molar-refractivity contribution in [2.75, 3.05) is 13.7 Å². The summed E-state index contributed by atoms with van der Waals surface area (Å²) in [5.74, 6) is 0.707. The fraction of sp³-hybridized carbons (Fsp3) is 1.00. The molecule has 0 aromatic heterocycles. The minimum atomic E-state index is -4.55. The van der Waals surface area contributed by atoms with E-state index in [2.05, 4.69) is 20.8 Å². The summed E-state index contributed by atoms with van der Waals surface area (Å²) in [6.45, 7) is 9.00. The molecule has 0 saturated heterocycles. The third-order valence-electron chi connectivity index (χ3n) is 11.4. The first-order valence-electron chi connectivity index (χ1n) is 12.7. The van der Waals surface area contributed by atoms with Crippen molar-refractivity contribution < 1.29 is 28.1 Å². The average Bonchev–Trinajstić information content (AvgIpc) is 3.04. The lowest BCUT2D eigenvalue weighted by Gasteiger charge is -2.66. The van der Waals surface area contributed by atoms with Crippen molar-refractivity contribution in [3.63, 3.8) is 0 Å². The predicted octanol–water partition coefficient (Wildman–Crippen LogP) is 5.97. The molecule has 0 aromatic carbocycles.